The molecule has 2 heterocycles. The summed E-state index contributed by atoms with van der Waals surface area (Å²) in [5, 5.41) is 11.4. The van der Waals surface area contributed by atoms with E-state index in [1.807, 2.05) is 0 Å². The molecular formula is C27H25N3. The second-order valence-corrected chi connectivity index (χ2v) is 9.00. The third kappa shape index (κ3) is 3.07. The van der Waals surface area contributed by atoms with Gasteiger partial charge < -0.3 is 0 Å². The van der Waals surface area contributed by atoms with Crippen LogP contribution in [0.25, 0.3) is 38.9 Å². The number of hydrogen-bond donors (Lipinski definition) is 0. The molecule has 148 valence electrons. The highest BCUT2D eigenvalue weighted by atomic mass is 15.2. The van der Waals surface area contributed by atoms with E-state index in [0.29, 0.717) is 0 Å². The molecule has 30 heavy (non-hydrogen) atoms. The summed E-state index contributed by atoms with van der Waals surface area (Å²) in [4.78, 5) is 0. The minimum absolute atomic E-state index is 0.136. The van der Waals surface area contributed by atoms with Gasteiger partial charge in [0.15, 0.2) is 11.5 Å². The average Bonchev–Trinajstić information content (AvgIpc) is 3.17. The van der Waals surface area contributed by atoms with Crippen molar-refractivity contribution in [1.82, 2.24) is 14.6 Å². The van der Waals surface area contributed by atoms with E-state index in [2.05, 4.69) is 121 Å². The lowest BCUT2D eigenvalue weighted by Crippen LogP contribution is -2.10. The summed E-state index contributed by atoms with van der Waals surface area (Å²) in [6, 6.07) is 25.8. The first-order valence-corrected chi connectivity index (χ1v) is 10.4. The van der Waals surface area contributed by atoms with Crippen LogP contribution < -0.4 is 0 Å². The van der Waals surface area contributed by atoms with Gasteiger partial charge in [-0.15, -0.1) is 10.2 Å². The van der Waals surface area contributed by atoms with Gasteiger partial charge in [0, 0.05) is 22.7 Å². The lowest BCUT2D eigenvalue weighted by molar-refractivity contribution is 0.590. The molecule has 5 rings (SSSR count). The van der Waals surface area contributed by atoms with Gasteiger partial charge in [-0.3, -0.25) is 4.40 Å². The molecule has 0 aliphatic heterocycles. The molecule has 2 aromatic heterocycles. The molecule has 0 unspecified atom stereocenters. The predicted octanol–water partition coefficient (Wildman–Crippen LogP) is 6.82. The second-order valence-electron chi connectivity index (χ2n) is 9.00. The Labute approximate surface area is 177 Å². The van der Waals surface area contributed by atoms with Crippen LogP contribution in [0.1, 0.15) is 31.9 Å². The minimum Gasteiger partial charge on any atom is -0.281 e. The van der Waals surface area contributed by atoms with Gasteiger partial charge >= 0.3 is 0 Å². The Morgan fingerprint density at radius 3 is 2.00 bits per heavy atom. The van der Waals surface area contributed by atoms with E-state index in [4.69, 9.17) is 0 Å². The summed E-state index contributed by atoms with van der Waals surface area (Å²) >= 11 is 0. The molecule has 3 heteroatoms. The fourth-order valence-corrected chi connectivity index (χ4v) is 3.99. The van der Waals surface area contributed by atoms with Gasteiger partial charge in [-0.25, -0.2) is 0 Å². The van der Waals surface area contributed by atoms with Crippen molar-refractivity contribution in [2.24, 2.45) is 0 Å². The van der Waals surface area contributed by atoms with Crippen LogP contribution >= 0.6 is 0 Å². The zero-order valence-corrected chi connectivity index (χ0v) is 17.8. The number of rotatable bonds is 2. The van der Waals surface area contributed by atoms with Crippen molar-refractivity contribution < 1.29 is 0 Å². The highest BCUT2D eigenvalue weighted by Gasteiger charge is 2.16. The van der Waals surface area contributed by atoms with Crippen molar-refractivity contribution in [2.45, 2.75) is 33.1 Å². The molecule has 0 atom stereocenters. The van der Waals surface area contributed by atoms with Crippen LogP contribution in [0.3, 0.4) is 0 Å². The van der Waals surface area contributed by atoms with E-state index >= 15 is 0 Å². The van der Waals surface area contributed by atoms with Crippen molar-refractivity contribution in [3.63, 3.8) is 0 Å². The summed E-state index contributed by atoms with van der Waals surface area (Å²) in [7, 11) is 0. The topological polar surface area (TPSA) is 30.2 Å². The van der Waals surface area contributed by atoms with Crippen LogP contribution in [0.4, 0.5) is 0 Å². The Bertz CT molecular complexity index is 1350. The summed E-state index contributed by atoms with van der Waals surface area (Å²) in [6.45, 7) is 8.83. The second kappa shape index (κ2) is 6.81. The van der Waals surface area contributed by atoms with Gasteiger partial charge in [0.1, 0.15) is 0 Å². The Morgan fingerprint density at radius 1 is 0.700 bits per heavy atom. The quantitative estimate of drug-likeness (QED) is 0.330. The Balaban J connectivity index is 1.76. The number of nitrogens with zero attached hydrogens (tertiary/aromatic N) is 3. The lowest BCUT2D eigenvalue weighted by atomic mass is 9.86. The largest absolute Gasteiger partial charge is 0.281 e. The Morgan fingerprint density at radius 2 is 1.33 bits per heavy atom. The number of pyridine rings is 1. The molecule has 0 bridgehead atoms. The molecule has 3 nitrogen and oxygen atoms in total. The van der Waals surface area contributed by atoms with Crippen LogP contribution in [0, 0.1) is 6.92 Å². The molecule has 0 aliphatic carbocycles. The highest BCUT2D eigenvalue weighted by Crippen LogP contribution is 2.34. The molecule has 3 aromatic carbocycles. The van der Waals surface area contributed by atoms with Crippen LogP contribution in [-0.2, 0) is 5.41 Å². The minimum atomic E-state index is 0.136. The van der Waals surface area contributed by atoms with E-state index in [9.17, 15) is 0 Å². The van der Waals surface area contributed by atoms with Crippen molar-refractivity contribution in [3.05, 3.63) is 90.1 Å². The van der Waals surface area contributed by atoms with E-state index in [-0.39, 0.29) is 5.41 Å². The van der Waals surface area contributed by atoms with Crippen LogP contribution in [-0.4, -0.2) is 14.6 Å². The summed E-state index contributed by atoms with van der Waals surface area (Å²) in [6.07, 6.45) is 2.18. The van der Waals surface area contributed by atoms with Crippen molar-refractivity contribution in [2.75, 3.05) is 0 Å². The normalized spacial score (nSPS) is 12.0. The Hall–Kier alpha value is -3.46. The molecule has 0 amide bonds. The summed E-state index contributed by atoms with van der Waals surface area (Å²) < 4.78 is 2.13. The number of hydrogen-bond acceptors (Lipinski definition) is 2. The van der Waals surface area contributed by atoms with Gasteiger partial charge in [-0.05, 0) is 28.9 Å². The highest BCUT2D eigenvalue weighted by molar-refractivity contribution is 6.03. The summed E-state index contributed by atoms with van der Waals surface area (Å²) in [5.41, 5.74) is 7.04. The number of benzene rings is 3. The number of fused-ring (bicyclic) bond motifs is 3. The van der Waals surface area contributed by atoms with Crippen LogP contribution in [0.2, 0.25) is 0 Å². The third-order valence-electron chi connectivity index (χ3n) is 5.78. The Kier molecular flexibility index (Phi) is 4.21. The maximum absolute atomic E-state index is 4.54. The summed E-state index contributed by atoms with van der Waals surface area (Å²) in [5.74, 6) is 0.864. The molecule has 0 aliphatic rings. The van der Waals surface area contributed by atoms with Crippen molar-refractivity contribution >= 4 is 16.4 Å². The zero-order chi connectivity index (χ0) is 20.9. The van der Waals surface area contributed by atoms with Crippen molar-refractivity contribution in [3.8, 4) is 22.5 Å². The van der Waals surface area contributed by atoms with Crippen molar-refractivity contribution in [1.29, 1.82) is 0 Å². The molecule has 5 aromatic rings. The van der Waals surface area contributed by atoms with Gasteiger partial charge in [-0.2, -0.15) is 0 Å². The SMILES string of the molecule is Cc1ccc(-c2nnc3c4ccccc4c(-c4ccc(C(C)(C)C)cc4)cn23)cc1. The van der Waals surface area contributed by atoms with E-state index in [1.165, 1.54) is 27.6 Å². The smallest absolute Gasteiger partial charge is 0.169 e. The van der Waals surface area contributed by atoms with Gasteiger partial charge in [-0.1, -0.05) is 99.1 Å². The molecular weight excluding hydrogens is 366 g/mol. The fraction of sp³-hybridized carbons (Fsp3) is 0.185. The van der Waals surface area contributed by atoms with Crippen LogP contribution in [0.5, 0.6) is 0 Å². The molecule has 0 radical (unpaired) electrons. The van der Waals surface area contributed by atoms with Gasteiger partial charge in [0.25, 0.3) is 0 Å². The fourth-order valence-electron chi connectivity index (χ4n) is 3.99. The predicted molar refractivity (Wildman–Crippen MR) is 125 cm³/mol. The van der Waals surface area contributed by atoms with Crippen LogP contribution in [0.15, 0.2) is 79.0 Å². The van der Waals surface area contributed by atoms with E-state index in [0.717, 1.165) is 22.4 Å². The molecule has 0 spiro atoms. The third-order valence-corrected chi connectivity index (χ3v) is 5.78. The number of aromatic nitrogens is 3. The molecule has 0 N–H and O–H groups in total. The maximum atomic E-state index is 4.54. The standard InChI is InChI=1S/C27H25N3/c1-18-9-11-20(12-10-18)25-28-29-26-23-8-6-5-7-22(23)24(17-30(25)26)19-13-15-21(16-14-19)27(2,3)4/h5-17H,1-4H3. The zero-order valence-electron chi connectivity index (χ0n) is 17.8. The molecule has 0 saturated carbocycles. The lowest BCUT2D eigenvalue weighted by Gasteiger charge is -2.19. The monoisotopic (exact) mass is 391 g/mol. The first-order chi connectivity index (χ1) is 14.4. The molecule has 0 saturated heterocycles. The van der Waals surface area contributed by atoms with E-state index in [1.54, 1.807) is 0 Å². The average molecular weight is 392 g/mol. The maximum Gasteiger partial charge on any atom is 0.169 e. The van der Waals surface area contributed by atoms with E-state index < -0.39 is 0 Å². The number of aryl methyl sites for hydroxylation is 1. The first kappa shape index (κ1) is 18.6. The molecule has 0 fully saturated rings. The van der Waals surface area contributed by atoms with Gasteiger partial charge in [0.05, 0.1) is 0 Å². The first-order valence-electron chi connectivity index (χ1n) is 10.4. The van der Waals surface area contributed by atoms with Gasteiger partial charge in [0.2, 0.25) is 0 Å².